The SMILES string of the molecule is CCOC1(C(NN)c2ccc(F)cc2)CCCC(C)C1. The fourth-order valence-electron chi connectivity index (χ4n) is 3.51. The highest BCUT2D eigenvalue weighted by atomic mass is 19.1. The topological polar surface area (TPSA) is 47.3 Å². The Hall–Kier alpha value is -0.970. The Morgan fingerprint density at radius 2 is 2.15 bits per heavy atom. The lowest BCUT2D eigenvalue weighted by atomic mass is 9.73. The van der Waals surface area contributed by atoms with E-state index in [1.807, 2.05) is 6.92 Å². The zero-order valence-electron chi connectivity index (χ0n) is 12.4. The molecule has 1 aliphatic rings. The molecule has 3 nitrogen and oxygen atoms in total. The van der Waals surface area contributed by atoms with Crippen LogP contribution in [0.4, 0.5) is 4.39 Å². The minimum atomic E-state index is -0.293. The van der Waals surface area contributed by atoms with Gasteiger partial charge in [-0.25, -0.2) is 4.39 Å². The highest BCUT2D eigenvalue weighted by Crippen LogP contribution is 2.43. The van der Waals surface area contributed by atoms with Gasteiger partial charge in [0.25, 0.3) is 0 Å². The third-order valence-electron chi connectivity index (χ3n) is 4.32. The van der Waals surface area contributed by atoms with Gasteiger partial charge in [-0.15, -0.1) is 0 Å². The maximum Gasteiger partial charge on any atom is 0.123 e. The van der Waals surface area contributed by atoms with Gasteiger partial charge in [0, 0.05) is 6.61 Å². The minimum absolute atomic E-state index is 0.106. The van der Waals surface area contributed by atoms with Gasteiger partial charge in [-0.1, -0.05) is 31.9 Å². The molecular formula is C16H25FN2O. The van der Waals surface area contributed by atoms with Crippen LogP contribution in [0, 0.1) is 11.7 Å². The molecule has 3 N–H and O–H groups in total. The molecule has 1 fully saturated rings. The monoisotopic (exact) mass is 280 g/mol. The molecule has 2 rings (SSSR count). The summed E-state index contributed by atoms with van der Waals surface area (Å²) in [4.78, 5) is 0. The molecule has 0 spiro atoms. The number of nitrogens with two attached hydrogens (primary N) is 1. The van der Waals surface area contributed by atoms with E-state index in [9.17, 15) is 4.39 Å². The zero-order chi connectivity index (χ0) is 14.6. The second-order valence-corrected chi connectivity index (χ2v) is 5.85. The molecule has 0 aromatic heterocycles. The normalized spacial score (nSPS) is 28.3. The van der Waals surface area contributed by atoms with Crippen molar-refractivity contribution in [1.82, 2.24) is 5.43 Å². The van der Waals surface area contributed by atoms with Crippen LogP contribution in [0.1, 0.15) is 51.1 Å². The summed E-state index contributed by atoms with van der Waals surface area (Å²) in [6.45, 7) is 4.93. The molecule has 0 heterocycles. The average Bonchev–Trinajstić information content (AvgIpc) is 2.42. The second kappa shape index (κ2) is 6.66. The molecule has 1 saturated carbocycles. The van der Waals surface area contributed by atoms with Gasteiger partial charge in [-0.2, -0.15) is 0 Å². The van der Waals surface area contributed by atoms with Crippen molar-refractivity contribution in [3.63, 3.8) is 0 Å². The Morgan fingerprint density at radius 3 is 2.70 bits per heavy atom. The first-order valence-electron chi connectivity index (χ1n) is 7.47. The molecule has 0 bridgehead atoms. The number of hydrogen-bond acceptors (Lipinski definition) is 3. The smallest absolute Gasteiger partial charge is 0.123 e. The first kappa shape index (κ1) is 15.4. The maximum atomic E-state index is 13.1. The van der Waals surface area contributed by atoms with Gasteiger partial charge in [0.1, 0.15) is 5.82 Å². The molecule has 1 aromatic carbocycles. The summed E-state index contributed by atoms with van der Waals surface area (Å²) < 4.78 is 19.3. The van der Waals surface area contributed by atoms with E-state index >= 15 is 0 Å². The van der Waals surface area contributed by atoms with E-state index in [0.717, 1.165) is 24.8 Å². The summed E-state index contributed by atoms with van der Waals surface area (Å²) in [6, 6.07) is 6.43. The lowest BCUT2D eigenvalue weighted by Crippen LogP contribution is -2.51. The zero-order valence-corrected chi connectivity index (χ0v) is 12.4. The Kier molecular flexibility index (Phi) is 5.13. The summed E-state index contributed by atoms with van der Waals surface area (Å²) in [6.07, 6.45) is 4.33. The number of hydrazine groups is 1. The van der Waals surface area contributed by atoms with Gasteiger partial charge in [0.15, 0.2) is 0 Å². The molecule has 1 aliphatic carbocycles. The summed E-state index contributed by atoms with van der Waals surface area (Å²) in [5.41, 5.74) is 3.60. The van der Waals surface area contributed by atoms with Crippen molar-refractivity contribution in [3.05, 3.63) is 35.6 Å². The summed E-state index contributed by atoms with van der Waals surface area (Å²) in [5, 5.41) is 0. The number of benzene rings is 1. The molecule has 0 amide bonds. The minimum Gasteiger partial charge on any atom is -0.373 e. The van der Waals surface area contributed by atoms with Crippen molar-refractivity contribution < 1.29 is 9.13 Å². The van der Waals surface area contributed by atoms with Crippen LogP contribution in [0.3, 0.4) is 0 Å². The van der Waals surface area contributed by atoms with E-state index in [1.165, 1.54) is 18.6 Å². The van der Waals surface area contributed by atoms with Crippen LogP contribution in [0.15, 0.2) is 24.3 Å². The van der Waals surface area contributed by atoms with Gasteiger partial charge in [0.05, 0.1) is 11.6 Å². The van der Waals surface area contributed by atoms with E-state index in [1.54, 1.807) is 12.1 Å². The molecule has 0 saturated heterocycles. The van der Waals surface area contributed by atoms with Crippen molar-refractivity contribution >= 4 is 0 Å². The standard InChI is InChI=1S/C16H25FN2O/c1-3-20-16(10-4-5-12(2)11-16)15(19-18)13-6-8-14(17)9-7-13/h6-9,12,15,19H,3-5,10-11,18H2,1-2H3. The fraction of sp³-hybridized carbons (Fsp3) is 0.625. The molecule has 0 radical (unpaired) electrons. The van der Waals surface area contributed by atoms with Gasteiger partial charge in [0.2, 0.25) is 0 Å². The van der Waals surface area contributed by atoms with Crippen LogP contribution in [0.2, 0.25) is 0 Å². The molecular weight excluding hydrogens is 255 g/mol. The van der Waals surface area contributed by atoms with E-state index in [-0.39, 0.29) is 17.5 Å². The largest absolute Gasteiger partial charge is 0.373 e. The van der Waals surface area contributed by atoms with Crippen molar-refractivity contribution in [1.29, 1.82) is 0 Å². The number of halogens is 1. The van der Waals surface area contributed by atoms with Gasteiger partial charge in [-0.05, 0) is 43.4 Å². The van der Waals surface area contributed by atoms with E-state index in [2.05, 4.69) is 12.3 Å². The van der Waals surface area contributed by atoms with E-state index < -0.39 is 0 Å². The molecule has 20 heavy (non-hydrogen) atoms. The van der Waals surface area contributed by atoms with Crippen LogP contribution in [0.5, 0.6) is 0 Å². The molecule has 4 heteroatoms. The van der Waals surface area contributed by atoms with E-state index in [4.69, 9.17) is 10.6 Å². The molecule has 3 unspecified atom stereocenters. The lowest BCUT2D eigenvalue weighted by Gasteiger charge is -2.45. The van der Waals surface area contributed by atoms with Crippen LogP contribution < -0.4 is 11.3 Å². The first-order valence-corrected chi connectivity index (χ1v) is 7.47. The van der Waals surface area contributed by atoms with Crippen molar-refractivity contribution in [3.8, 4) is 0 Å². The predicted molar refractivity (Wildman–Crippen MR) is 78.5 cm³/mol. The van der Waals surface area contributed by atoms with Crippen LogP contribution in [0.25, 0.3) is 0 Å². The first-order chi connectivity index (χ1) is 9.61. The number of rotatable bonds is 5. The highest BCUT2D eigenvalue weighted by Gasteiger charge is 2.43. The summed E-state index contributed by atoms with van der Waals surface area (Å²) in [7, 11) is 0. The Morgan fingerprint density at radius 1 is 1.45 bits per heavy atom. The third-order valence-corrected chi connectivity index (χ3v) is 4.32. The average molecular weight is 280 g/mol. The number of hydrogen-bond donors (Lipinski definition) is 2. The van der Waals surface area contributed by atoms with E-state index in [0.29, 0.717) is 12.5 Å². The Balaban J connectivity index is 2.31. The molecule has 112 valence electrons. The number of nitrogens with one attached hydrogen (secondary N) is 1. The van der Waals surface area contributed by atoms with Gasteiger partial charge < -0.3 is 4.74 Å². The molecule has 1 aromatic rings. The molecule has 3 atom stereocenters. The van der Waals surface area contributed by atoms with Crippen molar-refractivity contribution in [2.45, 2.75) is 51.2 Å². The second-order valence-electron chi connectivity index (χ2n) is 5.85. The third kappa shape index (κ3) is 3.19. The van der Waals surface area contributed by atoms with Crippen molar-refractivity contribution in [2.75, 3.05) is 6.61 Å². The lowest BCUT2D eigenvalue weighted by molar-refractivity contribution is -0.102. The van der Waals surface area contributed by atoms with Crippen molar-refractivity contribution in [2.24, 2.45) is 11.8 Å². The quantitative estimate of drug-likeness (QED) is 0.642. The fourth-order valence-corrected chi connectivity index (χ4v) is 3.51. The molecule has 0 aliphatic heterocycles. The van der Waals surface area contributed by atoms with Gasteiger partial charge in [-0.3, -0.25) is 11.3 Å². The highest BCUT2D eigenvalue weighted by molar-refractivity contribution is 5.23. The van der Waals surface area contributed by atoms with Gasteiger partial charge >= 0.3 is 0 Å². The Bertz CT molecular complexity index is 419. The van der Waals surface area contributed by atoms with Crippen LogP contribution in [-0.4, -0.2) is 12.2 Å². The summed E-state index contributed by atoms with van der Waals surface area (Å²) >= 11 is 0. The Labute approximate surface area is 120 Å². The maximum absolute atomic E-state index is 13.1. The van der Waals surface area contributed by atoms with Crippen LogP contribution in [-0.2, 0) is 4.74 Å². The number of ether oxygens (including phenoxy) is 1. The van der Waals surface area contributed by atoms with Crippen LogP contribution >= 0.6 is 0 Å². The predicted octanol–water partition coefficient (Wildman–Crippen LogP) is 3.32. The summed E-state index contributed by atoms with van der Waals surface area (Å²) in [5.74, 6) is 6.20.